The second kappa shape index (κ2) is 4.82. The van der Waals surface area contributed by atoms with Crippen molar-refractivity contribution in [2.75, 3.05) is 6.54 Å². The lowest BCUT2D eigenvalue weighted by Crippen LogP contribution is -2.38. The van der Waals surface area contributed by atoms with Crippen LogP contribution in [0.25, 0.3) is 0 Å². The Morgan fingerprint density at radius 1 is 1.56 bits per heavy atom. The van der Waals surface area contributed by atoms with Crippen LogP contribution < -0.4 is 10.9 Å². The van der Waals surface area contributed by atoms with E-state index in [-0.39, 0.29) is 11.0 Å². The zero-order chi connectivity index (χ0) is 13.3. The first-order chi connectivity index (χ1) is 8.39. The van der Waals surface area contributed by atoms with Gasteiger partial charge >= 0.3 is 0 Å². The molecule has 0 saturated heterocycles. The largest absolute Gasteiger partial charge is 0.391 e. The molecule has 5 nitrogen and oxygen atoms in total. The van der Waals surface area contributed by atoms with Gasteiger partial charge in [0.1, 0.15) is 0 Å². The van der Waals surface area contributed by atoms with E-state index in [1.807, 2.05) is 20.8 Å². The SMILES string of the molecule is CC(C)(C)C(O)Cn1cnc2c(c1=O)CCNC2. The van der Waals surface area contributed by atoms with E-state index in [1.165, 1.54) is 4.57 Å². The van der Waals surface area contributed by atoms with Crippen molar-refractivity contribution in [2.45, 2.75) is 46.4 Å². The molecular formula is C13H21N3O2. The fourth-order valence-corrected chi connectivity index (χ4v) is 1.98. The Morgan fingerprint density at radius 3 is 2.94 bits per heavy atom. The van der Waals surface area contributed by atoms with Crippen LogP contribution in [0, 0.1) is 5.41 Å². The summed E-state index contributed by atoms with van der Waals surface area (Å²) in [6.45, 7) is 7.65. The highest BCUT2D eigenvalue weighted by molar-refractivity contribution is 5.19. The highest BCUT2D eigenvalue weighted by Crippen LogP contribution is 2.20. The van der Waals surface area contributed by atoms with Crippen LogP contribution in [0.2, 0.25) is 0 Å². The Balaban J connectivity index is 2.28. The molecule has 0 aliphatic carbocycles. The van der Waals surface area contributed by atoms with Gasteiger partial charge in [-0.25, -0.2) is 4.98 Å². The molecule has 18 heavy (non-hydrogen) atoms. The number of hydrogen-bond acceptors (Lipinski definition) is 4. The minimum Gasteiger partial charge on any atom is -0.391 e. The van der Waals surface area contributed by atoms with Gasteiger partial charge in [-0.05, 0) is 18.4 Å². The summed E-state index contributed by atoms with van der Waals surface area (Å²) in [4.78, 5) is 16.6. The number of nitrogens with zero attached hydrogens (tertiary/aromatic N) is 2. The standard InChI is InChI=1S/C13H21N3O2/c1-13(2,3)11(17)7-16-8-15-10-6-14-5-4-9(10)12(16)18/h8,11,14,17H,4-7H2,1-3H3. The molecule has 0 saturated carbocycles. The van der Waals surface area contributed by atoms with Crippen molar-refractivity contribution in [3.05, 3.63) is 27.9 Å². The lowest BCUT2D eigenvalue weighted by Gasteiger charge is -2.26. The third-order valence-corrected chi connectivity index (χ3v) is 3.43. The van der Waals surface area contributed by atoms with Gasteiger partial charge in [-0.15, -0.1) is 0 Å². The molecule has 1 aliphatic rings. The zero-order valence-corrected chi connectivity index (χ0v) is 11.2. The maximum atomic E-state index is 12.3. The van der Waals surface area contributed by atoms with Gasteiger partial charge in [-0.2, -0.15) is 0 Å². The topological polar surface area (TPSA) is 67.1 Å². The molecule has 0 amide bonds. The smallest absolute Gasteiger partial charge is 0.256 e. The van der Waals surface area contributed by atoms with Crippen molar-refractivity contribution < 1.29 is 5.11 Å². The minimum atomic E-state index is -0.559. The molecular weight excluding hydrogens is 230 g/mol. The summed E-state index contributed by atoms with van der Waals surface area (Å²) in [7, 11) is 0. The quantitative estimate of drug-likeness (QED) is 0.793. The lowest BCUT2D eigenvalue weighted by molar-refractivity contribution is 0.0468. The molecule has 1 unspecified atom stereocenters. The fourth-order valence-electron chi connectivity index (χ4n) is 1.98. The third-order valence-electron chi connectivity index (χ3n) is 3.43. The normalized spacial score (nSPS) is 17.3. The molecule has 1 atom stereocenters. The molecule has 0 bridgehead atoms. The lowest BCUT2D eigenvalue weighted by atomic mass is 9.89. The summed E-state index contributed by atoms with van der Waals surface area (Å²) in [5.41, 5.74) is 1.38. The number of fused-ring (bicyclic) bond motifs is 1. The van der Waals surface area contributed by atoms with Gasteiger partial charge in [0.15, 0.2) is 0 Å². The fraction of sp³-hybridized carbons (Fsp3) is 0.692. The second-order valence-electron chi connectivity index (χ2n) is 5.94. The molecule has 2 heterocycles. The van der Waals surface area contributed by atoms with Crippen LogP contribution in [0.3, 0.4) is 0 Å². The number of aliphatic hydroxyl groups excluding tert-OH is 1. The highest BCUT2D eigenvalue weighted by Gasteiger charge is 2.24. The molecule has 0 aromatic carbocycles. The van der Waals surface area contributed by atoms with E-state index in [2.05, 4.69) is 10.3 Å². The van der Waals surface area contributed by atoms with Crippen LogP contribution in [0.15, 0.2) is 11.1 Å². The number of rotatable bonds is 2. The average molecular weight is 251 g/mol. The summed E-state index contributed by atoms with van der Waals surface area (Å²) in [5, 5.41) is 13.3. The summed E-state index contributed by atoms with van der Waals surface area (Å²) in [6.07, 6.45) is 1.70. The summed E-state index contributed by atoms with van der Waals surface area (Å²) in [5.74, 6) is 0. The molecule has 2 N–H and O–H groups in total. The van der Waals surface area contributed by atoms with E-state index < -0.39 is 6.10 Å². The number of nitrogens with one attached hydrogen (secondary N) is 1. The van der Waals surface area contributed by atoms with E-state index in [9.17, 15) is 9.90 Å². The number of hydrogen-bond donors (Lipinski definition) is 2. The van der Waals surface area contributed by atoms with Crippen LogP contribution >= 0.6 is 0 Å². The van der Waals surface area contributed by atoms with Crippen LogP contribution in [-0.2, 0) is 19.5 Å². The van der Waals surface area contributed by atoms with Gasteiger partial charge in [-0.1, -0.05) is 20.8 Å². The van der Waals surface area contributed by atoms with Gasteiger partial charge in [0.05, 0.1) is 24.7 Å². The van der Waals surface area contributed by atoms with Crippen molar-refractivity contribution in [1.82, 2.24) is 14.9 Å². The van der Waals surface area contributed by atoms with Crippen LogP contribution in [0.4, 0.5) is 0 Å². The third kappa shape index (κ3) is 2.62. The van der Waals surface area contributed by atoms with E-state index in [4.69, 9.17) is 0 Å². The zero-order valence-electron chi connectivity index (χ0n) is 11.2. The van der Waals surface area contributed by atoms with Crippen LogP contribution in [-0.4, -0.2) is 27.3 Å². The van der Waals surface area contributed by atoms with E-state index in [0.29, 0.717) is 19.5 Å². The van der Waals surface area contributed by atoms with Crippen LogP contribution in [0.1, 0.15) is 32.0 Å². The number of aliphatic hydroxyl groups is 1. The first kappa shape index (κ1) is 13.2. The Hall–Kier alpha value is -1.20. The minimum absolute atomic E-state index is 0.00944. The summed E-state index contributed by atoms with van der Waals surface area (Å²) < 4.78 is 1.53. The average Bonchev–Trinajstić information content (AvgIpc) is 2.32. The van der Waals surface area contributed by atoms with Crippen molar-refractivity contribution in [3.63, 3.8) is 0 Å². The predicted molar refractivity (Wildman–Crippen MR) is 69.4 cm³/mol. The van der Waals surface area contributed by atoms with E-state index in [1.54, 1.807) is 6.33 Å². The Kier molecular flexibility index (Phi) is 3.54. The first-order valence-corrected chi connectivity index (χ1v) is 6.35. The maximum Gasteiger partial charge on any atom is 0.256 e. The molecule has 0 fully saturated rings. The van der Waals surface area contributed by atoms with Gasteiger partial charge in [0, 0.05) is 12.1 Å². The Labute approximate surface area is 107 Å². The van der Waals surface area contributed by atoms with Crippen molar-refractivity contribution in [1.29, 1.82) is 0 Å². The van der Waals surface area contributed by atoms with E-state index >= 15 is 0 Å². The van der Waals surface area contributed by atoms with Gasteiger partial charge in [0.25, 0.3) is 5.56 Å². The Bertz CT molecular complexity index is 488. The number of aromatic nitrogens is 2. The summed E-state index contributed by atoms with van der Waals surface area (Å²) >= 11 is 0. The molecule has 0 radical (unpaired) electrons. The molecule has 1 aromatic heterocycles. The van der Waals surface area contributed by atoms with E-state index in [0.717, 1.165) is 17.8 Å². The molecule has 100 valence electrons. The van der Waals surface area contributed by atoms with Gasteiger partial charge in [0.2, 0.25) is 0 Å². The van der Waals surface area contributed by atoms with Crippen molar-refractivity contribution in [3.8, 4) is 0 Å². The summed E-state index contributed by atoms with van der Waals surface area (Å²) in [6, 6.07) is 0. The second-order valence-corrected chi connectivity index (χ2v) is 5.94. The van der Waals surface area contributed by atoms with Gasteiger partial charge in [-0.3, -0.25) is 9.36 Å². The molecule has 1 aliphatic heterocycles. The monoisotopic (exact) mass is 251 g/mol. The first-order valence-electron chi connectivity index (χ1n) is 6.35. The van der Waals surface area contributed by atoms with Crippen molar-refractivity contribution >= 4 is 0 Å². The molecule has 1 aromatic rings. The Morgan fingerprint density at radius 2 is 2.28 bits per heavy atom. The maximum absolute atomic E-state index is 12.3. The highest BCUT2D eigenvalue weighted by atomic mass is 16.3. The van der Waals surface area contributed by atoms with Crippen molar-refractivity contribution in [2.24, 2.45) is 5.41 Å². The molecule has 2 rings (SSSR count). The van der Waals surface area contributed by atoms with Crippen LogP contribution in [0.5, 0.6) is 0 Å². The van der Waals surface area contributed by atoms with Gasteiger partial charge < -0.3 is 10.4 Å². The molecule has 5 heteroatoms. The predicted octanol–water partition coefficient (Wildman–Crippen LogP) is 0.296. The molecule has 0 spiro atoms.